The topological polar surface area (TPSA) is 59.6 Å². The number of amides is 2. The first-order valence-electron chi connectivity index (χ1n) is 8.11. The van der Waals surface area contributed by atoms with Crippen LogP contribution < -0.4 is 15.4 Å². The van der Waals surface area contributed by atoms with Crippen LogP contribution in [0.25, 0.3) is 0 Å². The molecule has 1 fully saturated rings. The lowest BCUT2D eigenvalue weighted by molar-refractivity contribution is -0.0504. The summed E-state index contributed by atoms with van der Waals surface area (Å²) in [4.78, 5) is 11.9. The van der Waals surface area contributed by atoms with E-state index in [9.17, 15) is 13.6 Å². The maximum absolute atomic E-state index is 12.4. The van der Waals surface area contributed by atoms with Gasteiger partial charge < -0.3 is 20.1 Å². The predicted molar refractivity (Wildman–Crippen MR) is 86.2 cm³/mol. The Morgan fingerprint density at radius 1 is 1.42 bits per heavy atom. The molecule has 1 saturated heterocycles. The standard InChI is InChI=1S/C17H24F2N2O3/c1-11-3-4-15(24-16(18)19)14(7-11)10-21-17(22)20-9-13-5-6-23-12(2)8-13/h3-4,7,12-13,16H,5-6,8-10H2,1-2H3,(H2,20,21,22)/t12-,13+/m0/s1. The molecule has 0 saturated carbocycles. The highest BCUT2D eigenvalue weighted by atomic mass is 19.3. The molecule has 1 heterocycles. The van der Waals surface area contributed by atoms with Crippen LogP contribution in [0.2, 0.25) is 0 Å². The van der Waals surface area contributed by atoms with E-state index in [2.05, 4.69) is 15.4 Å². The number of ether oxygens (including phenoxy) is 2. The highest BCUT2D eigenvalue weighted by Crippen LogP contribution is 2.22. The zero-order valence-corrected chi connectivity index (χ0v) is 14.0. The number of alkyl halides is 2. The first-order chi connectivity index (χ1) is 11.4. The van der Waals surface area contributed by atoms with Crippen LogP contribution in [0.1, 0.15) is 30.9 Å². The van der Waals surface area contributed by atoms with Crippen molar-refractivity contribution in [3.8, 4) is 5.75 Å². The Morgan fingerprint density at radius 2 is 2.21 bits per heavy atom. The summed E-state index contributed by atoms with van der Waals surface area (Å²) in [6.07, 6.45) is 2.06. The van der Waals surface area contributed by atoms with Gasteiger partial charge in [-0.3, -0.25) is 0 Å². The maximum Gasteiger partial charge on any atom is 0.387 e. The van der Waals surface area contributed by atoms with Crippen molar-refractivity contribution in [3.05, 3.63) is 29.3 Å². The van der Waals surface area contributed by atoms with E-state index in [0.29, 0.717) is 24.6 Å². The average molecular weight is 342 g/mol. The number of benzene rings is 1. The fourth-order valence-corrected chi connectivity index (χ4v) is 2.81. The van der Waals surface area contributed by atoms with Gasteiger partial charge in [-0.25, -0.2) is 4.79 Å². The molecule has 1 aromatic rings. The van der Waals surface area contributed by atoms with Crippen LogP contribution in [0.3, 0.4) is 0 Å². The number of hydrogen-bond acceptors (Lipinski definition) is 3. The molecule has 0 spiro atoms. The summed E-state index contributed by atoms with van der Waals surface area (Å²) in [5.74, 6) is 0.477. The second-order valence-corrected chi connectivity index (χ2v) is 6.13. The molecule has 0 unspecified atom stereocenters. The van der Waals surface area contributed by atoms with Crippen molar-refractivity contribution < 1.29 is 23.0 Å². The zero-order chi connectivity index (χ0) is 17.5. The molecule has 1 aliphatic heterocycles. The number of halogens is 2. The highest BCUT2D eigenvalue weighted by Gasteiger charge is 2.19. The third kappa shape index (κ3) is 5.96. The zero-order valence-electron chi connectivity index (χ0n) is 14.0. The van der Waals surface area contributed by atoms with Crippen molar-refractivity contribution in [3.63, 3.8) is 0 Å². The number of nitrogens with one attached hydrogen (secondary N) is 2. The van der Waals surface area contributed by atoms with Gasteiger partial charge in [0.1, 0.15) is 5.75 Å². The Kier molecular flexibility index (Phi) is 6.78. The normalized spacial score (nSPS) is 20.7. The van der Waals surface area contributed by atoms with E-state index in [1.54, 1.807) is 12.1 Å². The fourth-order valence-electron chi connectivity index (χ4n) is 2.81. The van der Waals surface area contributed by atoms with Crippen LogP contribution in [0, 0.1) is 12.8 Å². The van der Waals surface area contributed by atoms with Crippen molar-refractivity contribution in [1.82, 2.24) is 10.6 Å². The maximum atomic E-state index is 12.4. The number of carbonyl (C=O) groups excluding carboxylic acids is 1. The van der Waals surface area contributed by atoms with E-state index in [1.807, 2.05) is 13.8 Å². The molecule has 0 aliphatic carbocycles. The summed E-state index contributed by atoms with van der Waals surface area (Å²) in [7, 11) is 0. The molecule has 1 aliphatic rings. The van der Waals surface area contributed by atoms with Crippen LogP contribution >= 0.6 is 0 Å². The molecular weight excluding hydrogens is 318 g/mol. The molecule has 24 heavy (non-hydrogen) atoms. The molecule has 7 heteroatoms. The lowest BCUT2D eigenvalue weighted by Gasteiger charge is -2.27. The molecule has 134 valence electrons. The van der Waals surface area contributed by atoms with E-state index in [4.69, 9.17) is 4.74 Å². The molecule has 0 aromatic heterocycles. The number of urea groups is 1. The number of rotatable bonds is 6. The van der Waals surface area contributed by atoms with Crippen molar-refractivity contribution in [1.29, 1.82) is 0 Å². The molecule has 2 N–H and O–H groups in total. The largest absolute Gasteiger partial charge is 0.434 e. The summed E-state index contributed by atoms with van der Waals surface area (Å²) in [5, 5.41) is 5.51. The van der Waals surface area contributed by atoms with Crippen LogP contribution in [-0.4, -0.2) is 31.9 Å². The molecular formula is C17H24F2N2O3. The SMILES string of the molecule is Cc1ccc(OC(F)F)c(CNC(=O)NC[C@@H]2CCO[C@@H](C)C2)c1. The van der Waals surface area contributed by atoms with Gasteiger partial charge in [-0.05, 0) is 38.7 Å². The fraction of sp³-hybridized carbons (Fsp3) is 0.588. The summed E-state index contributed by atoms with van der Waals surface area (Å²) < 4.78 is 34.8. The minimum absolute atomic E-state index is 0.0779. The monoisotopic (exact) mass is 342 g/mol. The van der Waals surface area contributed by atoms with Gasteiger partial charge in [0, 0.05) is 25.3 Å². The van der Waals surface area contributed by atoms with E-state index < -0.39 is 6.61 Å². The smallest absolute Gasteiger partial charge is 0.387 e. The number of aryl methyl sites for hydroxylation is 1. The quantitative estimate of drug-likeness (QED) is 0.835. The minimum atomic E-state index is -2.89. The molecule has 0 bridgehead atoms. The summed E-state index contributed by atoms with van der Waals surface area (Å²) in [6.45, 7) is 2.40. The van der Waals surface area contributed by atoms with Crippen LogP contribution in [-0.2, 0) is 11.3 Å². The third-order valence-electron chi connectivity index (χ3n) is 4.02. The van der Waals surface area contributed by atoms with Gasteiger partial charge >= 0.3 is 12.6 Å². The molecule has 5 nitrogen and oxygen atoms in total. The summed E-state index contributed by atoms with van der Waals surface area (Å²) in [5.41, 5.74) is 1.43. The van der Waals surface area contributed by atoms with E-state index in [-0.39, 0.29) is 24.4 Å². The van der Waals surface area contributed by atoms with Gasteiger partial charge in [0.2, 0.25) is 0 Å². The second kappa shape index (κ2) is 8.82. The van der Waals surface area contributed by atoms with Crippen molar-refractivity contribution >= 4 is 6.03 Å². The molecule has 2 amide bonds. The number of carbonyl (C=O) groups is 1. The Hall–Kier alpha value is -1.89. The van der Waals surface area contributed by atoms with E-state index in [1.165, 1.54) is 6.07 Å². The lowest BCUT2D eigenvalue weighted by Crippen LogP contribution is -2.40. The van der Waals surface area contributed by atoms with Crippen molar-refractivity contribution in [2.75, 3.05) is 13.2 Å². The second-order valence-electron chi connectivity index (χ2n) is 6.13. The van der Waals surface area contributed by atoms with Crippen LogP contribution in [0.4, 0.5) is 13.6 Å². The van der Waals surface area contributed by atoms with Gasteiger partial charge in [0.15, 0.2) is 0 Å². The highest BCUT2D eigenvalue weighted by molar-refractivity contribution is 5.73. The molecule has 2 rings (SSSR count). The van der Waals surface area contributed by atoms with Crippen molar-refractivity contribution in [2.45, 2.75) is 45.9 Å². The average Bonchev–Trinajstić information content (AvgIpc) is 2.53. The third-order valence-corrected chi connectivity index (χ3v) is 4.02. The Morgan fingerprint density at radius 3 is 2.92 bits per heavy atom. The van der Waals surface area contributed by atoms with Crippen LogP contribution in [0.5, 0.6) is 5.75 Å². The molecule has 1 aromatic carbocycles. The van der Waals surface area contributed by atoms with Crippen LogP contribution in [0.15, 0.2) is 18.2 Å². The van der Waals surface area contributed by atoms with Gasteiger partial charge in [-0.1, -0.05) is 17.7 Å². The predicted octanol–water partition coefficient (Wildman–Crippen LogP) is 3.21. The molecule has 0 radical (unpaired) electrons. The Bertz CT molecular complexity index is 555. The van der Waals surface area contributed by atoms with E-state index in [0.717, 1.165) is 18.4 Å². The first kappa shape index (κ1) is 18.4. The summed E-state index contributed by atoms with van der Waals surface area (Å²) >= 11 is 0. The number of hydrogen-bond donors (Lipinski definition) is 2. The van der Waals surface area contributed by atoms with Gasteiger partial charge in [0.05, 0.1) is 6.10 Å². The van der Waals surface area contributed by atoms with E-state index >= 15 is 0 Å². The Balaban J connectivity index is 1.81. The van der Waals surface area contributed by atoms with Gasteiger partial charge in [-0.2, -0.15) is 8.78 Å². The Labute approximate surface area is 140 Å². The minimum Gasteiger partial charge on any atom is -0.434 e. The summed E-state index contributed by atoms with van der Waals surface area (Å²) in [6, 6.07) is 4.57. The van der Waals surface area contributed by atoms with Gasteiger partial charge in [0.25, 0.3) is 0 Å². The lowest BCUT2D eigenvalue weighted by atomic mass is 9.96. The van der Waals surface area contributed by atoms with Crippen molar-refractivity contribution in [2.24, 2.45) is 5.92 Å². The van der Waals surface area contributed by atoms with Gasteiger partial charge in [-0.15, -0.1) is 0 Å². The first-order valence-corrected chi connectivity index (χ1v) is 8.11. The molecule has 2 atom stereocenters.